The standard InChI is InChI=1S/C16H19NO4/c1-2-21-15(18)7-6-13-4-3-5-14(12-13)16(19)17-8-10-20-11-9-17/h3-7,12H,2,8-11H2,1H3/b7-6+. The molecule has 0 aromatic heterocycles. The summed E-state index contributed by atoms with van der Waals surface area (Å²) >= 11 is 0. The summed E-state index contributed by atoms with van der Waals surface area (Å²) in [6, 6.07) is 7.19. The van der Waals surface area contributed by atoms with Crippen LogP contribution in [-0.4, -0.2) is 49.7 Å². The number of hydrogen-bond donors (Lipinski definition) is 0. The summed E-state index contributed by atoms with van der Waals surface area (Å²) in [5.74, 6) is -0.396. The molecule has 1 aromatic rings. The summed E-state index contributed by atoms with van der Waals surface area (Å²) in [4.78, 5) is 25.4. The van der Waals surface area contributed by atoms with Gasteiger partial charge in [0.2, 0.25) is 0 Å². The van der Waals surface area contributed by atoms with E-state index in [1.165, 1.54) is 6.08 Å². The average Bonchev–Trinajstić information content (AvgIpc) is 2.54. The molecule has 1 saturated heterocycles. The Hall–Kier alpha value is -2.14. The molecule has 0 radical (unpaired) electrons. The predicted molar refractivity (Wildman–Crippen MR) is 78.8 cm³/mol. The number of ether oxygens (including phenoxy) is 2. The SMILES string of the molecule is CCOC(=O)/C=C/c1cccc(C(=O)N2CCOCC2)c1. The van der Waals surface area contributed by atoms with Crippen LogP contribution in [0, 0.1) is 0 Å². The number of carbonyl (C=O) groups is 2. The van der Waals surface area contributed by atoms with Gasteiger partial charge in [0.05, 0.1) is 19.8 Å². The minimum atomic E-state index is -0.387. The lowest BCUT2D eigenvalue weighted by molar-refractivity contribution is -0.137. The normalized spacial score (nSPS) is 15.2. The van der Waals surface area contributed by atoms with Gasteiger partial charge in [-0.1, -0.05) is 12.1 Å². The first-order valence-electron chi connectivity index (χ1n) is 7.02. The number of esters is 1. The van der Waals surface area contributed by atoms with Gasteiger partial charge in [0.1, 0.15) is 0 Å². The van der Waals surface area contributed by atoms with E-state index in [2.05, 4.69) is 0 Å². The Morgan fingerprint density at radius 2 is 2.10 bits per heavy atom. The number of carbonyl (C=O) groups excluding carboxylic acids is 2. The van der Waals surface area contributed by atoms with Crippen molar-refractivity contribution >= 4 is 18.0 Å². The summed E-state index contributed by atoms with van der Waals surface area (Å²) in [7, 11) is 0. The van der Waals surface area contributed by atoms with Crippen LogP contribution in [0.25, 0.3) is 6.08 Å². The second kappa shape index (κ2) is 7.59. The monoisotopic (exact) mass is 289 g/mol. The second-order valence-corrected chi connectivity index (χ2v) is 4.62. The van der Waals surface area contributed by atoms with E-state index in [1.807, 2.05) is 6.07 Å². The summed E-state index contributed by atoms with van der Waals surface area (Å²) in [5.41, 5.74) is 1.41. The fraction of sp³-hybridized carbons (Fsp3) is 0.375. The first kappa shape index (κ1) is 15.3. The highest BCUT2D eigenvalue weighted by Gasteiger charge is 2.18. The first-order valence-corrected chi connectivity index (χ1v) is 7.02. The van der Waals surface area contributed by atoms with Crippen molar-refractivity contribution in [2.45, 2.75) is 6.92 Å². The van der Waals surface area contributed by atoms with Gasteiger partial charge in [-0.15, -0.1) is 0 Å². The molecule has 5 nitrogen and oxygen atoms in total. The molecule has 1 amide bonds. The lowest BCUT2D eigenvalue weighted by Gasteiger charge is -2.26. The molecule has 1 aliphatic rings. The van der Waals surface area contributed by atoms with Crippen molar-refractivity contribution in [3.05, 3.63) is 41.5 Å². The van der Waals surface area contributed by atoms with Gasteiger partial charge in [-0.2, -0.15) is 0 Å². The third-order valence-corrected chi connectivity index (χ3v) is 3.13. The number of nitrogens with zero attached hydrogens (tertiary/aromatic N) is 1. The van der Waals surface area contributed by atoms with Crippen molar-refractivity contribution in [2.75, 3.05) is 32.9 Å². The van der Waals surface area contributed by atoms with E-state index in [0.29, 0.717) is 38.5 Å². The van der Waals surface area contributed by atoms with Crippen LogP contribution < -0.4 is 0 Å². The Labute approximate surface area is 124 Å². The van der Waals surface area contributed by atoms with Crippen LogP contribution in [0.4, 0.5) is 0 Å². The Morgan fingerprint density at radius 3 is 2.81 bits per heavy atom. The zero-order valence-electron chi connectivity index (χ0n) is 12.1. The lowest BCUT2D eigenvalue weighted by atomic mass is 10.1. The van der Waals surface area contributed by atoms with Crippen LogP contribution in [0.3, 0.4) is 0 Å². The number of benzene rings is 1. The van der Waals surface area contributed by atoms with Gasteiger partial charge in [-0.05, 0) is 30.7 Å². The highest BCUT2D eigenvalue weighted by molar-refractivity contribution is 5.95. The molecule has 1 aliphatic heterocycles. The molecular formula is C16H19NO4. The highest BCUT2D eigenvalue weighted by Crippen LogP contribution is 2.11. The minimum Gasteiger partial charge on any atom is -0.463 e. The van der Waals surface area contributed by atoms with Crippen molar-refractivity contribution in [1.82, 2.24) is 4.90 Å². The van der Waals surface area contributed by atoms with Gasteiger partial charge in [0.25, 0.3) is 5.91 Å². The van der Waals surface area contributed by atoms with Crippen molar-refractivity contribution < 1.29 is 19.1 Å². The molecule has 112 valence electrons. The predicted octanol–water partition coefficient (Wildman–Crippen LogP) is 1.74. The molecule has 0 aliphatic carbocycles. The third-order valence-electron chi connectivity index (χ3n) is 3.13. The van der Waals surface area contributed by atoms with E-state index >= 15 is 0 Å². The zero-order chi connectivity index (χ0) is 15.1. The third kappa shape index (κ3) is 4.43. The Balaban J connectivity index is 2.06. The van der Waals surface area contributed by atoms with E-state index in [0.717, 1.165) is 5.56 Å². The number of hydrogen-bond acceptors (Lipinski definition) is 4. The van der Waals surface area contributed by atoms with Crippen LogP contribution in [0.1, 0.15) is 22.8 Å². The molecule has 1 fully saturated rings. The van der Waals surface area contributed by atoms with Gasteiger partial charge < -0.3 is 14.4 Å². The van der Waals surface area contributed by atoms with Gasteiger partial charge in [-0.3, -0.25) is 4.79 Å². The van der Waals surface area contributed by atoms with Crippen LogP contribution in [0.15, 0.2) is 30.3 Å². The first-order chi connectivity index (χ1) is 10.2. The van der Waals surface area contributed by atoms with Crippen molar-refractivity contribution in [3.8, 4) is 0 Å². The van der Waals surface area contributed by atoms with E-state index in [4.69, 9.17) is 9.47 Å². The summed E-state index contributed by atoms with van der Waals surface area (Å²) in [6.07, 6.45) is 3.01. The Kier molecular flexibility index (Phi) is 5.51. The molecular weight excluding hydrogens is 270 g/mol. The van der Waals surface area contributed by atoms with Crippen LogP contribution in [-0.2, 0) is 14.3 Å². The van der Waals surface area contributed by atoms with Gasteiger partial charge >= 0.3 is 5.97 Å². The smallest absolute Gasteiger partial charge is 0.330 e. The molecule has 2 rings (SSSR count). The molecule has 0 N–H and O–H groups in total. The Bertz CT molecular complexity index is 533. The molecule has 0 spiro atoms. The zero-order valence-corrected chi connectivity index (χ0v) is 12.1. The Morgan fingerprint density at radius 1 is 1.33 bits per heavy atom. The molecule has 21 heavy (non-hydrogen) atoms. The quantitative estimate of drug-likeness (QED) is 0.626. The molecule has 0 bridgehead atoms. The largest absolute Gasteiger partial charge is 0.463 e. The van der Waals surface area contributed by atoms with Crippen molar-refractivity contribution in [3.63, 3.8) is 0 Å². The summed E-state index contributed by atoms with van der Waals surface area (Å²) in [5, 5.41) is 0. The van der Waals surface area contributed by atoms with Crippen molar-refractivity contribution in [2.24, 2.45) is 0 Å². The fourth-order valence-electron chi connectivity index (χ4n) is 2.08. The maximum absolute atomic E-state index is 12.3. The lowest BCUT2D eigenvalue weighted by Crippen LogP contribution is -2.40. The van der Waals surface area contributed by atoms with E-state index in [-0.39, 0.29) is 11.9 Å². The van der Waals surface area contributed by atoms with Gasteiger partial charge in [0, 0.05) is 24.7 Å². The van der Waals surface area contributed by atoms with E-state index in [9.17, 15) is 9.59 Å². The van der Waals surface area contributed by atoms with Crippen molar-refractivity contribution in [1.29, 1.82) is 0 Å². The van der Waals surface area contributed by atoms with Crippen LogP contribution in [0.5, 0.6) is 0 Å². The number of morpholine rings is 1. The van der Waals surface area contributed by atoms with Crippen LogP contribution in [0.2, 0.25) is 0 Å². The topological polar surface area (TPSA) is 55.8 Å². The highest BCUT2D eigenvalue weighted by atomic mass is 16.5. The molecule has 1 aromatic carbocycles. The van der Waals surface area contributed by atoms with E-state index < -0.39 is 0 Å². The maximum Gasteiger partial charge on any atom is 0.330 e. The molecule has 5 heteroatoms. The molecule has 1 heterocycles. The second-order valence-electron chi connectivity index (χ2n) is 4.62. The number of amides is 1. The molecule has 0 saturated carbocycles. The van der Waals surface area contributed by atoms with Crippen LogP contribution >= 0.6 is 0 Å². The maximum atomic E-state index is 12.3. The minimum absolute atomic E-state index is 0.00955. The van der Waals surface area contributed by atoms with Gasteiger partial charge in [0.15, 0.2) is 0 Å². The fourth-order valence-corrected chi connectivity index (χ4v) is 2.08. The van der Waals surface area contributed by atoms with E-state index in [1.54, 1.807) is 36.1 Å². The summed E-state index contributed by atoms with van der Waals surface area (Å²) in [6.45, 7) is 4.48. The molecule has 0 unspecified atom stereocenters. The molecule has 0 atom stereocenters. The van der Waals surface area contributed by atoms with Gasteiger partial charge in [-0.25, -0.2) is 4.79 Å². The average molecular weight is 289 g/mol. The summed E-state index contributed by atoms with van der Waals surface area (Å²) < 4.78 is 10.1. The number of rotatable bonds is 4.